The van der Waals surface area contributed by atoms with Crippen molar-refractivity contribution in [2.24, 2.45) is 0 Å². The van der Waals surface area contributed by atoms with Crippen LogP contribution >= 0.6 is 11.6 Å². The van der Waals surface area contributed by atoms with E-state index in [-0.39, 0.29) is 4.90 Å². The minimum Gasteiger partial charge on any atom is -0.293 e. The van der Waals surface area contributed by atoms with E-state index in [2.05, 4.69) is 14.5 Å². The molecule has 0 saturated carbocycles. The first-order valence-corrected chi connectivity index (χ1v) is 12.2. The maximum Gasteiger partial charge on any atom is 0.243 e. The fourth-order valence-corrected chi connectivity index (χ4v) is 5.55. The Balaban J connectivity index is 1.35. The van der Waals surface area contributed by atoms with Crippen molar-refractivity contribution in [2.75, 3.05) is 26.2 Å². The van der Waals surface area contributed by atoms with Crippen molar-refractivity contribution in [2.45, 2.75) is 11.4 Å². The Bertz CT molecular complexity index is 1330. The summed E-state index contributed by atoms with van der Waals surface area (Å²) in [6, 6.07) is 20.2. The van der Waals surface area contributed by atoms with Gasteiger partial charge in [-0.3, -0.25) is 9.47 Å². The molecular weight excluding hydrogens is 446 g/mol. The molecule has 1 aliphatic heterocycles. The van der Waals surface area contributed by atoms with Crippen LogP contribution in [0.3, 0.4) is 0 Å². The van der Waals surface area contributed by atoms with E-state index in [0.29, 0.717) is 37.7 Å². The van der Waals surface area contributed by atoms with E-state index in [0.717, 1.165) is 22.7 Å². The van der Waals surface area contributed by atoms with Gasteiger partial charge in [0.25, 0.3) is 0 Å². The first kappa shape index (κ1) is 21.1. The van der Waals surface area contributed by atoms with Gasteiger partial charge in [0.05, 0.1) is 11.4 Å². The second kappa shape index (κ2) is 8.63. The molecule has 5 rings (SSSR count). The fraction of sp³-hybridized carbons (Fsp3) is 0.217. The van der Waals surface area contributed by atoms with Crippen molar-refractivity contribution in [3.8, 4) is 5.69 Å². The summed E-state index contributed by atoms with van der Waals surface area (Å²) in [5, 5.41) is 0.518. The lowest BCUT2D eigenvalue weighted by molar-refractivity contribution is 0.177. The normalized spacial score (nSPS) is 15.9. The Labute approximate surface area is 191 Å². The van der Waals surface area contributed by atoms with Gasteiger partial charge in [-0.1, -0.05) is 29.8 Å². The van der Waals surface area contributed by atoms with Crippen molar-refractivity contribution in [3.63, 3.8) is 0 Å². The molecule has 0 N–H and O–H groups in total. The number of nitrogens with zero attached hydrogens (tertiary/aromatic N) is 5. The fourth-order valence-electron chi connectivity index (χ4n) is 4.00. The summed E-state index contributed by atoms with van der Waals surface area (Å²) >= 11 is 5.90. The smallest absolute Gasteiger partial charge is 0.243 e. The maximum absolute atomic E-state index is 13.0. The number of hydrogen-bond acceptors (Lipinski definition) is 5. The highest BCUT2D eigenvalue weighted by Gasteiger charge is 2.29. The Kier molecular flexibility index (Phi) is 5.69. The van der Waals surface area contributed by atoms with Crippen molar-refractivity contribution in [1.82, 2.24) is 23.7 Å². The zero-order chi connectivity index (χ0) is 22.1. The van der Waals surface area contributed by atoms with Gasteiger partial charge in [0.1, 0.15) is 11.3 Å². The standard InChI is InChI=1S/C23H22ClN5O2S/c24-18-8-10-20(11-9-18)32(30,31)28-15-13-27(14-16-28)17-22-26-21-7-4-12-25-23(21)29(22)19-5-2-1-3-6-19/h1-12H,13-17H2. The van der Waals surface area contributed by atoms with Crippen LogP contribution in [0.25, 0.3) is 16.9 Å². The Morgan fingerprint density at radius 1 is 0.875 bits per heavy atom. The largest absolute Gasteiger partial charge is 0.293 e. The summed E-state index contributed by atoms with van der Waals surface area (Å²) in [6.45, 7) is 2.71. The number of pyridine rings is 1. The molecule has 4 aromatic rings. The number of fused-ring (bicyclic) bond motifs is 1. The topological polar surface area (TPSA) is 71.3 Å². The Hall–Kier alpha value is -2.78. The molecule has 0 atom stereocenters. The number of imidazole rings is 1. The first-order chi connectivity index (χ1) is 15.5. The molecule has 0 aliphatic carbocycles. The highest BCUT2D eigenvalue weighted by atomic mass is 35.5. The van der Waals surface area contributed by atoms with Crippen molar-refractivity contribution >= 4 is 32.8 Å². The molecule has 164 valence electrons. The third-order valence-electron chi connectivity index (χ3n) is 5.65. The molecular formula is C23H22ClN5O2S. The van der Waals surface area contributed by atoms with Crippen LogP contribution in [0.15, 0.2) is 77.8 Å². The van der Waals surface area contributed by atoms with E-state index < -0.39 is 10.0 Å². The number of rotatable bonds is 5. The summed E-state index contributed by atoms with van der Waals surface area (Å²) in [7, 11) is -3.53. The average Bonchev–Trinajstić information content (AvgIpc) is 3.18. The molecule has 7 nitrogen and oxygen atoms in total. The number of hydrogen-bond donors (Lipinski definition) is 0. The number of aromatic nitrogens is 3. The Morgan fingerprint density at radius 3 is 2.31 bits per heavy atom. The molecule has 9 heteroatoms. The van der Waals surface area contributed by atoms with Crippen molar-refractivity contribution < 1.29 is 8.42 Å². The van der Waals surface area contributed by atoms with Gasteiger partial charge in [0.2, 0.25) is 10.0 Å². The van der Waals surface area contributed by atoms with Gasteiger partial charge < -0.3 is 0 Å². The molecule has 2 aromatic carbocycles. The predicted molar refractivity (Wildman–Crippen MR) is 124 cm³/mol. The quantitative estimate of drug-likeness (QED) is 0.448. The van der Waals surface area contributed by atoms with Crippen LogP contribution in [0.2, 0.25) is 5.02 Å². The lowest BCUT2D eigenvalue weighted by Gasteiger charge is -2.33. The molecule has 3 heterocycles. The number of para-hydroxylation sites is 1. The molecule has 1 aliphatic rings. The SMILES string of the molecule is O=S(=O)(c1ccc(Cl)cc1)N1CCN(Cc2nc3cccnc3n2-c2ccccc2)CC1. The summed E-state index contributed by atoms with van der Waals surface area (Å²) in [4.78, 5) is 11.9. The zero-order valence-electron chi connectivity index (χ0n) is 17.3. The third kappa shape index (κ3) is 4.02. The third-order valence-corrected chi connectivity index (χ3v) is 7.81. The molecule has 1 fully saturated rings. The van der Waals surface area contributed by atoms with Crippen LogP contribution < -0.4 is 0 Å². The van der Waals surface area contributed by atoms with Crippen molar-refractivity contribution in [3.05, 3.63) is 83.8 Å². The van der Waals surface area contributed by atoms with Crippen LogP contribution in [0.4, 0.5) is 0 Å². The van der Waals surface area contributed by atoms with Gasteiger partial charge >= 0.3 is 0 Å². The van der Waals surface area contributed by atoms with E-state index in [1.165, 1.54) is 4.31 Å². The van der Waals surface area contributed by atoms with Gasteiger partial charge in [-0.15, -0.1) is 0 Å². The lowest BCUT2D eigenvalue weighted by Crippen LogP contribution is -2.48. The number of halogens is 1. The highest BCUT2D eigenvalue weighted by molar-refractivity contribution is 7.89. The lowest BCUT2D eigenvalue weighted by atomic mass is 10.3. The number of piperazine rings is 1. The van der Waals surface area contributed by atoms with E-state index in [1.54, 1.807) is 30.5 Å². The minimum absolute atomic E-state index is 0.271. The number of benzene rings is 2. The molecule has 0 radical (unpaired) electrons. The first-order valence-electron chi connectivity index (χ1n) is 10.4. The van der Waals surface area contributed by atoms with Gasteiger partial charge in [-0.25, -0.2) is 18.4 Å². The molecule has 0 amide bonds. The summed E-state index contributed by atoms with van der Waals surface area (Å²) in [5.41, 5.74) is 2.67. The van der Waals surface area contributed by atoms with Crippen molar-refractivity contribution in [1.29, 1.82) is 0 Å². The van der Waals surface area contributed by atoms with Crippen LogP contribution in [0.1, 0.15) is 5.82 Å². The monoisotopic (exact) mass is 467 g/mol. The van der Waals surface area contributed by atoms with Gasteiger partial charge in [0, 0.05) is 43.1 Å². The average molecular weight is 468 g/mol. The number of sulfonamides is 1. The van der Waals surface area contributed by atoms with Gasteiger partial charge in [-0.05, 0) is 48.5 Å². The summed E-state index contributed by atoms with van der Waals surface area (Å²) in [6.07, 6.45) is 1.77. The summed E-state index contributed by atoms with van der Waals surface area (Å²) in [5.74, 6) is 0.888. The van der Waals surface area contributed by atoms with Crippen LogP contribution in [0.5, 0.6) is 0 Å². The molecule has 32 heavy (non-hydrogen) atoms. The summed E-state index contributed by atoms with van der Waals surface area (Å²) < 4.78 is 29.5. The second-order valence-corrected chi connectivity index (χ2v) is 10.1. The zero-order valence-corrected chi connectivity index (χ0v) is 18.9. The van der Waals surface area contributed by atoms with Crippen LogP contribution in [-0.4, -0.2) is 58.3 Å². The van der Waals surface area contributed by atoms with Crippen LogP contribution in [-0.2, 0) is 16.6 Å². The Morgan fingerprint density at radius 2 is 1.59 bits per heavy atom. The highest BCUT2D eigenvalue weighted by Crippen LogP contribution is 2.23. The van der Waals surface area contributed by atoms with E-state index in [1.807, 2.05) is 42.5 Å². The molecule has 1 saturated heterocycles. The predicted octanol–water partition coefficient (Wildman–Crippen LogP) is 3.58. The molecule has 0 spiro atoms. The van der Waals surface area contributed by atoms with Crippen LogP contribution in [0, 0.1) is 0 Å². The minimum atomic E-state index is -3.53. The second-order valence-electron chi connectivity index (χ2n) is 7.68. The van der Waals surface area contributed by atoms with E-state index >= 15 is 0 Å². The van der Waals surface area contributed by atoms with Gasteiger partial charge in [0.15, 0.2) is 5.65 Å². The maximum atomic E-state index is 13.0. The molecule has 0 bridgehead atoms. The van der Waals surface area contributed by atoms with E-state index in [9.17, 15) is 8.42 Å². The molecule has 0 unspecified atom stereocenters. The van der Waals surface area contributed by atoms with Gasteiger partial charge in [-0.2, -0.15) is 4.31 Å². The van der Waals surface area contributed by atoms with E-state index in [4.69, 9.17) is 16.6 Å². The molecule has 2 aromatic heterocycles.